The van der Waals surface area contributed by atoms with Crippen LogP contribution in [0.3, 0.4) is 0 Å². The molecule has 1 aromatic heterocycles. The van der Waals surface area contributed by atoms with E-state index in [-0.39, 0.29) is 37.1 Å². The van der Waals surface area contributed by atoms with Gasteiger partial charge in [0, 0.05) is 28.2 Å². The molecule has 12 heteroatoms. The van der Waals surface area contributed by atoms with Crippen molar-refractivity contribution in [1.29, 1.82) is 0 Å². The monoisotopic (exact) mass is 802 g/mol. The number of ether oxygens (including phenoxy) is 2. The molecule has 3 aliphatic rings. The van der Waals surface area contributed by atoms with Gasteiger partial charge < -0.3 is 24.8 Å². The zero-order chi connectivity index (χ0) is 39.3. The Morgan fingerprint density at radius 1 is 1.00 bits per heavy atom. The summed E-state index contributed by atoms with van der Waals surface area (Å²) in [6.45, 7) is 4.95. The molecular formula is C44H52ClN2O8P. The first kappa shape index (κ1) is 40.3. The zero-order valence-electron chi connectivity index (χ0n) is 32.1. The van der Waals surface area contributed by atoms with Crippen molar-refractivity contribution >= 4 is 31.1 Å². The molecule has 0 aliphatic heterocycles. The lowest BCUT2D eigenvalue weighted by molar-refractivity contribution is -0.144. The van der Waals surface area contributed by atoms with Crippen LogP contribution in [0.2, 0.25) is 5.02 Å². The third-order valence-electron chi connectivity index (χ3n) is 12.1. The van der Waals surface area contributed by atoms with Crippen molar-refractivity contribution in [2.24, 2.45) is 11.8 Å². The molecule has 4 atom stereocenters. The number of benzene rings is 3. The molecule has 0 bridgehead atoms. The number of fused-ring (bicyclic) bond motifs is 3. The highest BCUT2D eigenvalue weighted by Gasteiger charge is 2.54. The molecule has 1 heterocycles. The third kappa shape index (κ3) is 9.11. The predicted octanol–water partition coefficient (Wildman–Crippen LogP) is 9.91. The maximum absolute atomic E-state index is 13.0. The summed E-state index contributed by atoms with van der Waals surface area (Å²) in [5.74, 6) is 1.64. The first-order valence-corrected chi connectivity index (χ1v) is 21.6. The maximum atomic E-state index is 13.0. The largest absolute Gasteiger partial charge is 0.493 e. The second-order valence-corrected chi connectivity index (χ2v) is 17.8. The molecule has 298 valence electrons. The van der Waals surface area contributed by atoms with Crippen molar-refractivity contribution in [1.82, 2.24) is 4.98 Å². The highest BCUT2D eigenvalue weighted by atomic mass is 35.5. The van der Waals surface area contributed by atoms with Gasteiger partial charge in [0.05, 0.1) is 19.8 Å². The number of phosphoric ester groups is 1. The number of hydrogen-bond donors (Lipinski definition) is 3. The Labute approximate surface area is 334 Å². The number of nitrogens with zero attached hydrogens (tertiary/aromatic N) is 1. The number of carboxylic acid groups (broad SMARTS) is 1. The van der Waals surface area contributed by atoms with Crippen LogP contribution in [-0.2, 0) is 43.3 Å². The number of hydrogen-bond acceptors (Lipinski definition) is 8. The summed E-state index contributed by atoms with van der Waals surface area (Å²) >= 11 is 6.28. The van der Waals surface area contributed by atoms with Crippen molar-refractivity contribution in [3.05, 3.63) is 118 Å². The molecular weight excluding hydrogens is 751 g/mol. The highest BCUT2D eigenvalue weighted by Crippen LogP contribution is 2.57. The van der Waals surface area contributed by atoms with Gasteiger partial charge in [-0.3, -0.25) is 14.0 Å². The van der Waals surface area contributed by atoms with Gasteiger partial charge in [0.2, 0.25) is 0 Å². The van der Waals surface area contributed by atoms with Gasteiger partial charge in [-0.15, -0.1) is 0 Å². The number of carboxylic acids is 1. The van der Waals surface area contributed by atoms with Crippen molar-refractivity contribution in [2.75, 3.05) is 25.1 Å². The van der Waals surface area contributed by atoms with Gasteiger partial charge in [-0.05, 0) is 134 Å². The Bertz CT molecular complexity index is 2040. The van der Waals surface area contributed by atoms with Crippen molar-refractivity contribution < 1.29 is 37.9 Å². The molecule has 0 amide bonds. The smallest absolute Gasteiger partial charge is 0.472 e. The second kappa shape index (κ2) is 17.3. The van der Waals surface area contributed by atoms with Crippen LogP contribution in [0.1, 0.15) is 92.7 Å². The Morgan fingerprint density at radius 2 is 1.80 bits per heavy atom. The minimum atomic E-state index is -4.28. The van der Waals surface area contributed by atoms with Gasteiger partial charge >= 0.3 is 13.8 Å². The highest BCUT2D eigenvalue weighted by molar-refractivity contribution is 7.47. The number of aliphatic carboxylic acids is 1. The van der Waals surface area contributed by atoms with Gasteiger partial charge in [0.25, 0.3) is 0 Å². The van der Waals surface area contributed by atoms with Crippen LogP contribution >= 0.6 is 19.4 Å². The first-order valence-electron chi connectivity index (χ1n) is 19.7. The van der Waals surface area contributed by atoms with Crippen LogP contribution in [-0.4, -0.2) is 46.3 Å². The van der Waals surface area contributed by atoms with E-state index in [1.165, 1.54) is 16.7 Å². The molecule has 56 heavy (non-hydrogen) atoms. The third-order valence-corrected chi connectivity index (χ3v) is 13.3. The lowest BCUT2D eigenvalue weighted by atomic mass is 9.59. The number of aryl methyl sites for hydroxylation is 1. The van der Waals surface area contributed by atoms with Crippen LogP contribution < -0.4 is 14.8 Å². The van der Waals surface area contributed by atoms with Crippen molar-refractivity contribution in [2.45, 2.75) is 95.1 Å². The zero-order valence-corrected chi connectivity index (χ0v) is 33.8. The van der Waals surface area contributed by atoms with Gasteiger partial charge in [-0.25, -0.2) is 9.36 Å². The van der Waals surface area contributed by atoms with E-state index in [0.29, 0.717) is 54.7 Å². The van der Waals surface area contributed by atoms with E-state index in [1.807, 2.05) is 48.7 Å². The lowest BCUT2D eigenvalue weighted by Gasteiger charge is -2.47. The number of phosphoric acid groups is 1. The van der Waals surface area contributed by atoms with Crippen molar-refractivity contribution in [3.63, 3.8) is 0 Å². The topological polar surface area (TPSA) is 136 Å². The average molecular weight is 803 g/mol. The fourth-order valence-electron chi connectivity index (χ4n) is 9.25. The normalized spacial score (nSPS) is 24.4. The van der Waals surface area contributed by atoms with Gasteiger partial charge in [0.1, 0.15) is 23.6 Å². The Hall–Kier alpha value is -3.92. The Kier molecular flexibility index (Phi) is 12.4. The van der Waals surface area contributed by atoms with Gasteiger partial charge in [0.15, 0.2) is 0 Å². The molecule has 3 aromatic carbocycles. The fraction of sp³-hybridized carbons (Fsp3) is 0.455. The fourth-order valence-corrected chi connectivity index (χ4v) is 10.1. The summed E-state index contributed by atoms with van der Waals surface area (Å²) in [6, 6.07) is 24.5. The van der Waals surface area contributed by atoms with E-state index < -0.39 is 19.3 Å². The average Bonchev–Trinajstić information content (AvgIpc) is 3.47. The maximum Gasteiger partial charge on any atom is 0.472 e. The molecule has 7 rings (SSSR count). The van der Waals surface area contributed by atoms with E-state index in [4.69, 9.17) is 30.1 Å². The van der Waals surface area contributed by atoms with E-state index in [9.17, 15) is 19.4 Å². The number of anilines is 1. The van der Waals surface area contributed by atoms with Crippen LogP contribution in [0.5, 0.6) is 11.5 Å². The number of nitrogens with one attached hydrogen (secondary N) is 1. The minimum absolute atomic E-state index is 0.0447. The Balaban J connectivity index is 1.06. The molecule has 3 N–H and O–H groups in total. The molecule has 0 saturated heterocycles. The van der Waals surface area contributed by atoms with Crippen molar-refractivity contribution in [3.8, 4) is 11.5 Å². The molecule has 0 radical (unpaired) electrons. The molecule has 3 aliphatic carbocycles. The lowest BCUT2D eigenvalue weighted by Crippen LogP contribution is -2.53. The van der Waals surface area contributed by atoms with E-state index in [0.717, 1.165) is 49.1 Å². The van der Waals surface area contributed by atoms with Gasteiger partial charge in [-0.1, -0.05) is 67.9 Å². The summed E-state index contributed by atoms with van der Waals surface area (Å²) in [6.07, 6.45) is 9.15. The van der Waals surface area contributed by atoms with E-state index >= 15 is 0 Å². The molecule has 10 nitrogen and oxygen atoms in total. The SMILES string of the molecule is C[C@@H](COc1ccnc2c1[C@H](C)CCC2)C[C@H]1Cc2ccc(OCCOP(=O)(O)OCc3ccccc3)cc2C12CCC(Nc1cccc(Cl)c1)(C(=O)O)CC2. The quantitative estimate of drug-likeness (QED) is 0.0742. The second-order valence-electron chi connectivity index (χ2n) is 15.9. The standard InChI is InChI=1S/C44H52ClN2O8P/c1-30(28-53-40-16-21-46-39-13-6-8-31(2)41(39)40)24-34-25-33-14-15-37(52-22-23-54-56(50,51)55-29-32-9-4-3-5-10-32)27-38(33)43(34)17-19-44(20-18-43,42(48)49)47-36-12-7-11-35(45)26-36/h3-5,7,9-12,14-16,21,26-27,30-31,34,47H,6,8,13,17-20,22-25,28-29H2,1-2H3,(H,48,49)(H,50,51)/t30-,31-,34+,43?,44?/m1/s1. The molecule has 1 spiro atoms. The van der Waals surface area contributed by atoms with Crippen LogP contribution in [0.4, 0.5) is 5.69 Å². The number of pyridine rings is 1. The molecule has 4 aromatic rings. The Morgan fingerprint density at radius 3 is 2.57 bits per heavy atom. The van der Waals surface area contributed by atoms with Gasteiger partial charge in [-0.2, -0.15) is 0 Å². The summed E-state index contributed by atoms with van der Waals surface area (Å²) in [5.41, 5.74) is 4.87. The summed E-state index contributed by atoms with van der Waals surface area (Å²) in [4.78, 5) is 27.9. The first-order chi connectivity index (χ1) is 27.0. The minimum Gasteiger partial charge on any atom is -0.493 e. The number of rotatable bonds is 16. The molecule has 1 fully saturated rings. The van der Waals surface area contributed by atoms with E-state index in [1.54, 1.807) is 24.3 Å². The predicted molar refractivity (Wildman–Crippen MR) is 217 cm³/mol. The number of carbonyl (C=O) groups is 1. The molecule has 1 unspecified atom stereocenters. The van der Waals surface area contributed by atoms with E-state index in [2.05, 4.69) is 36.3 Å². The number of halogens is 1. The molecule has 1 saturated carbocycles. The van der Waals surface area contributed by atoms with Crippen LogP contribution in [0.25, 0.3) is 0 Å². The van der Waals surface area contributed by atoms with Crippen LogP contribution in [0, 0.1) is 11.8 Å². The van der Waals surface area contributed by atoms with Crippen LogP contribution in [0.15, 0.2) is 85.1 Å². The number of aromatic nitrogens is 1. The summed E-state index contributed by atoms with van der Waals surface area (Å²) in [7, 11) is -4.28. The summed E-state index contributed by atoms with van der Waals surface area (Å²) < 4.78 is 35.5. The summed E-state index contributed by atoms with van der Waals surface area (Å²) in [5, 5.41) is 14.6.